The molecule has 0 saturated carbocycles. The highest BCUT2D eigenvalue weighted by atomic mass is 35.5. The molecule has 25 heavy (non-hydrogen) atoms. The Hall–Kier alpha value is -1.35. The third kappa shape index (κ3) is 5.57. The lowest BCUT2D eigenvalue weighted by molar-refractivity contribution is -0.152. The van der Waals surface area contributed by atoms with Crippen LogP contribution in [-0.4, -0.2) is 50.6 Å². The van der Waals surface area contributed by atoms with Crippen molar-refractivity contribution in [2.75, 3.05) is 31.3 Å². The van der Waals surface area contributed by atoms with Gasteiger partial charge in [-0.2, -0.15) is 0 Å². The van der Waals surface area contributed by atoms with Crippen LogP contribution in [0.4, 0.5) is 5.69 Å². The molecule has 1 fully saturated rings. The molecule has 10 heteroatoms. The van der Waals surface area contributed by atoms with Gasteiger partial charge in [-0.3, -0.25) is 9.59 Å². The van der Waals surface area contributed by atoms with Crippen LogP contribution < -0.4 is 5.32 Å². The van der Waals surface area contributed by atoms with Crippen molar-refractivity contribution in [3.8, 4) is 0 Å². The molecule has 7 nitrogen and oxygen atoms in total. The monoisotopic (exact) mass is 408 g/mol. The summed E-state index contributed by atoms with van der Waals surface area (Å²) in [7, 11) is -3.25. The highest BCUT2D eigenvalue weighted by Crippen LogP contribution is 2.29. The first kappa shape index (κ1) is 20.0. The summed E-state index contributed by atoms with van der Waals surface area (Å²) in [6.07, 6.45) is 1.87. The lowest BCUT2D eigenvalue weighted by Gasteiger charge is -2.28. The number of nitrogens with one attached hydrogen (secondary N) is 1. The van der Waals surface area contributed by atoms with Crippen LogP contribution in [0, 0.1) is 5.92 Å². The van der Waals surface area contributed by atoms with Crippen molar-refractivity contribution in [2.24, 2.45) is 5.92 Å². The average molecular weight is 409 g/mol. The number of piperidine rings is 1. The van der Waals surface area contributed by atoms with Crippen LogP contribution in [0.3, 0.4) is 0 Å². The number of esters is 1. The highest BCUT2D eigenvalue weighted by Gasteiger charge is 2.30. The Morgan fingerprint density at radius 2 is 1.92 bits per heavy atom. The van der Waals surface area contributed by atoms with Gasteiger partial charge < -0.3 is 10.1 Å². The zero-order chi connectivity index (χ0) is 18.6. The van der Waals surface area contributed by atoms with E-state index < -0.39 is 34.4 Å². The summed E-state index contributed by atoms with van der Waals surface area (Å²) in [6.45, 7) is 0.0831. The molecule has 1 N–H and O–H groups in total. The highest BCUT2D eigenvalue weighted by molar-refractivity contribution is 7.88. The van der Waals surface area contributed by atoms with Gasteiger partial charge in [0.15, 0.2) is 6.61 Å². The molecule has 1 heterocycles. The number of anilines is 1. The summed E-state index contributed by atoms with van der Waals surface area (Å²) in [6, 6.07) is 4.79. The molecule has 1 aliphatic rings. The van der Waals surface area contributed by atoms with Gasteiger partial charge in [-0.1, -0.05) is 29.3 Å². The largest absolute Gasteiger partial charge is 0.455 e. The van der Waals surface area contributed by atoms with Crippen molar-refractivity contribution >= 4 is 50.8 Å². The van der Waals surface area contributed by atoms with Crippen LogP contribution >= 0.6 is 23.2 Å². The van der Waals surface area contributed by atoms with Gasteiger partial charge in [-0.15, -0.1) is 0 Å². The van der Waals surface area contributed by atoms with Crippen LogP contribution in [0.1, 0.15) is 12.8 Å². The van der Waals surface area contributed by atoms with Crippen LogP contribution in [-0.2, 0) is 24.3 Å². The van der Waals surface area contributed by atoms with E-state index in [1.54, 1.807) is 18.2 Å². The number of amides is 1. The maximum absolute atomic E-state index is 12.0. The van der Waals surface area contributed by atoms with Crippen molar-refractivity contribution in [1.82, 2.24) is 4.31 Å². The average Bonchev–Trinajstić information content (AvgIpc) is 2.56. The number of carbonyl (C=O) groups excluding carboxylic acids is 2. The smallest absolute Gasteiger partial charge is 0.309 e. The predicted octanol–water partition coefficient (Wildman–Crippen LogP) is 2.15. The molecule has 0 radical (unpaired) electrons. The molecule has 1 aliphatic heterocycles. The second-order valence-electron chi connectivity index (χ2n) is 5.69. The van der Waals surface area contributed by atoms with Gasteiger partial charge in [0, 0.05) is 13.1 Å². The molecule has 1 amide bonds. The lowest BCUT2D eigenvalue weighted by Crippen LogP contribution is -2.40. The number of benzene rings is 1. The minimum atomic E-state index is -3.25. The van der Waals surface area contributed by atoms with E-state index in [2.05, 4.69) is 5.32 Å². The third-order valence-electron chi connectivity index (χ3n) is 3.83. The number of sulfonamides is 1. The molecule has 138 valence electrons. The van der Waals surface area contributed by atoms with Crippen LogP contribution in [0.5, 0.6) is 0 Å². The van der Waals surface area contributed by atoms with E-state index in [1.807, 2.05) is 0 Å². The van der Waals surface area contributed by atoms with Gasteiger partial charge in [-0.25, -0.2) is 12.7 Å². The number of rotatable bonds is 5. The summed E-state index contributed by atoms with van der Waals surface area (Å²) in [4.78, 5) is 23.9. The van der Waals surface area contributed by atoms with Crippen molar-refractivity contribution in [2.45, 2.75) is 12.8 Å². The maximum atomic E-state index is 12.0. The minimum absolute atomic E-state index is 0.206. The summed E-state index contributed by atoms with van der Waals surface area (Å²) in [5, 5.41) is 3.02. The fourth-order valence-electron chi connectivity index (χ4n) is 2.46. The summed E-state index contributed by atoms with van der Waals surface area (Å²) < 4.78 is 29.2. The van der Waals surface area contributed by atoms with Crippen molar-refractivity contribution < 1.29 is 22.7 Å². The second-order valence-corrected chi connectivity index (χ2v) is 8.46. The van der Waals surface area contributed by atoms with Crippen molar-refractivity contribution in [3.63, 3.8) is 0 Å². The number of nitrogens with zero attached hydrogens (tertiary/aromatic N) is 1. The zero-order valence-corrected chi connectivity index (χ0v) is 15.8. The number of hydrogen-bond donors (Lipinski definition) is 1. The molecule has 0 aliphatic carbocycles. The molecule has 0 bridgehead atoms. The normalized spacial score (nSPS) is 16.4. The fourth-order valence-corrected chi connectivity index (χ4v) is 3.69. The SMILES string of the molecule is CS(=O)(=O)N1CCC(C(=O)OCC(=O)Nc2cccc(Cl)c2Cl)CC1. The summed E-state index contributed by atoms with van der Waals surface area (Å²) in [5.74, 6) is -1.47. The van der Waals surface area contributed by atoms with E-state index >= 15 is 0 Å². The number of halogens is 2. The topological polar surface area (TPSA) is 92.8 Å². The van der Waals surface area contributed by atoms with Gasteiger partial charge in [0.1, 0.15) is 0 Å². The fraction of sp³-hybridized carbons (Fsp3) is 0.467. The third-order valence-corrected chi connectivity index (χ3v) is 5.95. The summed E-state index contributed by atoms with van der Waals surface area (Å²) in [5.41, 5.74) is 0.330. The second kappa shape index (κ2) is 8.35. The molecule has 0 unspecified atom stereocenters. The molecule has 0 atom stereocenters. The van der Waals surface area contributed by atoms with Gasteiger partial charge in [0.05, 0.1) is 27.9 Å². The first-order valence-corrected chi connectivity index (χ1v) is 10.1. The van der Waals surface area contributed by atoms with E-state index in [0.717, 1.165) is 6.26 Å². The zero-order valence-electron chi connectivity index (χ0n) is 13.5. The number of carbonyl (C=O) groups is 2. The standard InChI is InChI=1S/C15H18Cl2N2O5S/c1-25(22,23)19-7-5-10(6-8-19)15(21)24-9-13(20)18-12-4-2-3-11(16)14(12)17/h2-4,10H,5-9H2,1H3,(H,18,20). The Morgan fingerprint density at radius 1 is 1.28 bits per heavy atom. The minimum Gasteiger partial charge on any atom is -0.455 e. The van der Waals surface area contributed by atoms with Gasteiger partial charge in [-0.05, 0) is 25.0 Å². The molecule has 1 saturated heterocycles. The van der Waals surface area contributed by atoms with E-state index in [9.17, 15) is 18.0 Å². The Morgan fingerprint density at radius 3 is 2.52 bits per heavy atom. The van der Waals surface area contributed by atoms with Gasteiger partial charge in [0.2, 0.25) is 10.0 Å². The molecule has 2 rings (SSSR count). The Kier molecular flexibility index (Phi) is 6.67. The molecule has 0 aromatic heterocycles. The Balaban J connectivity index is 1.80. The van der Waals surface area contributed by atoms with E-state index in [0.29, 0.717) is 23.6 Å². The van der Waals surface area contributed by atoms with E-state index in [4.69, 9.17) is 27.9 Å². The predicted molar refractivity (Wildman–Crippen MR) is 95.2 cm³/mol. The Labute approximate surface area is 156 Å². The molecule has 1 aromatic rings. The first-order valence-electron chi connectivity index (χ1n) is 7.54. The number of hydrogen-bond acceptors (Lipinski definition) is 5. The Bertz CT molecular complexity index is 761. The maximum Gasteiger partial charge on any atom is 0.309 e. The van der Waals surface area contributed by atoms with Crippen molar-refractivity contribution in [1.29, 1.82) is 0 Å². The molecule has 1 aromatic carbocycles. The number of ether oxygens (including phenoxy) is 1. The molecule has 0 spiro atoms. The van der Waals surface area contributed by atoms with Crippen LogP contribution in [0.2, 0.25) is 10.0 Å². The lowest BCUT2D eigenvalue weighted by atomic mass is 9.98. The molecular formula is C15H18Cl2N2O5S. The van der Waals surface area contributed by atoms with Crippen molar-refractivity contribution in [3.05, 3.63) is 28.2 Å². The van der Waals surface area contributed by atoms with E-state index in [-0.39, 0.29) is 18.1 Å². The first-order chi connectivity index (χ1) is 11.7. The van der Waals surface area contributed by atoms with Gasteiger partial charge >= 0.3 is 5.97 Å². The van der Waals surface area contributed by atoms with Crippen LogP contribution in [0.25, 0.3) is 0 Å². The summed E-state index contributed by atoms with van der Waals surface area (Å²) >= 11 is 11.8. The van der Waals surface area contributed by atoms with E-state index in [1.165, 1.54) is 4.31 Å². The van der Waals surface area contributed by atoms with Crippen LogP contribution in [0.15, 0.2) is 18.2 Å². The quantitative estimate of drug-likeness (QED) is 0.753. The molecular weight excluding hydrogens is 391 g/mol. The van der Waals surface area contributed by atoms with Gasteiger partial charge in [0.25, 0.3) is 5.91 Å².